The molecule has 0 radical (unpaired) electrons. The Kier molecular flexibility index (Phi) is 3.27. The third kappa shape index (κ3) is 2.18. The highest BCUT2D eigenvalue weighted by molar-refractivity contribution is 7.18. The molecule has 4 rings (SSSR count). The molecule has 116 valence electrons. The highest BCUT2D eigenvalue weighted by Gasteiger charge is 2.22. The summed E-state index contributed by atoms with van der Waals surface area (Å²) in [4.78, 5) is 11.6. The van der Waals surface area contributed by atoms with Gasteiger partial charge in [-0.25, -0.2) is 9.97 Å². The molecule has 3 aromatic rings. The fourth-order valence-electron chi connectivity index (χ4n) is 3.18. The maximum atomic E-state index is 9.12. The van der Waals surface area contributed by atoms with Gasteiger partial charge in [-0.05, 0) is 38.2 Å². The van der Waals surface area contributed by atoms with Crippen molar-refractivity contribution >= 4 is 27.4 Å². The Morgan fingerprint density at radius 3 is 2.87 bits per heavy atom. The van der Waals surface area contributed by atoms with E-state index in [1.807, 2.05) is 6.92 Å². The average Bonchev–Trinajstić information content (AvgIpc) is 2.98. The summed E-state index contributed by atoms with van der Waals surface area (Å²) in [6, 6.07) is 2.07. The van der Waals surface area contributed by atoms with Gasteiger partial charge in [-0.15, -0.1) is 11.3 Å². The molecule has 0 spiro atoms. The Labute approximate surface area is 137 Å². The van der Waals surface area contributed by atoms with Crippen LogP contribution in [0.25, 0.3) is 16.0 Å². The first-order valence-electron chi connectivity index (χ1n) is 7.72. The fraction of sp³-hybridized carbons (Fsp3) is 0.375. The van der Waals surface area contributed by atoms with Crippen molar-refractivity contribution in [3.63, 3.8) is 0 Å². The van der Waals surface area contributed by atoms with Gasteiger partial charge >= 0.3 is 0 Å². The number of rotatable bonds is 1. The first-order chi connectivity index (χ1) is 11.2. The molecule has 0 saturated carbocycles. The normalized spacial score (nSPS) is 14.4. The number of nitrogens with two attached hydrogens (primary N) is 1. The van der Waals surface area contributed by atoms with E-state index in [0.29, 0.717) is 23.0 Å². The van der Waals surface area contributed by atoms with E-state index in [-0.39, 0.29) is 0 Å². The molecule has 0 amide bonds. The van der Waals surface area contributed by atoms with E-state index < -0.39 is 0 Å². The van der Waals surface area contributed by atoms with Gasteiger partial charge in [0.15, 0.2) is 5.82 Å². The van der Waals surface area contributed by atoms with Crippen LogP contribution in [0.5, 0.6) is 0 Å². The smallest absolute Gasteiger partial charge is 0.168 e. The topological polar surface area (TPSA) is 93.4 Å². The van der Waals surface area contributed by atoms with Crippen molar-refractivity contribution in [3.05, 3.63) is 28.0 Å². The van der Waals surface area contributed by atoms with E-state index in [1.54, 1.807) is 16.0 Å². The molecule has 3 heterocycles. The number of aryl methyl sites for hydroxylation is 3. The number of nitriles is 1. The molecule has 0 bridgehead atoms. The summed E-state index contributed by atoms with van der Waals surface area (Å²) >= 11 is 1.76. The standard InChI is InChI=1S/C16H16N6S/c1-9-20-15(22-14(18)10(7-17)8-19-22)13-11-5-3-2-4-6-12(11)23-16(13)21-9/h8H,2-6,18H2,1H3. The lowest BCUT2D eigenvalue weighted by molar-refractivity contribution is 0.713. The molecule has 0 fully saturated rings. The van der Waals surface area contributed by atoms with Crippen LogP contribution >= 0.6 is 11.3 Å². The molecule has 6 nitrogen and oxygen atoms in total. The van der Waals surface area contributed by atoms with E-state index >= 15 is 0 Å². The molecule has 23 heavy (non-hydrogen) atoms. The molecular weight excluding hydrogens is 308 g/mol. The molecular formula is C16H16N6S. The van der Waals surface area contributed by atoms with E-state index in [4.69, 9.17) is 11.0 Å². The van der Waals surface area contributed by atoms with Crippen LogP contribution in [0.4, 0.5) is 5.82 Å². The number of anilines is 1. The van der Waals surface area contributed by atoms with Crippen LogP contribution in [0.1, 0.15) is 41.1 Å². The molecule has 7 heteroatoms. The zero-order chi connectivity index (χ0) is 16.0. The largest absolute Gasteiger partial charge is 0.382 e. The monoisotopic (exact) mass is 324 g/mol. The second-order valence-corrected chi connectivity index (χ2v) is 6.89. The summed E-state index contributed by atoms with van der Waals surface area (Å²) in [5.41, 5.74) is 7.79. The van der Waals surface area contributed by atoms with Gasteiger partial charge in [-0.3, -0.25) is 0 Å². The van der Waals surface area contributed by atoms with E-state index in [1.165, 1.54) is 35.9 Å². The van der Waals surface area contributed by atoms with Crippen LogP contribution in [0, 0.1) is 18.3 Å². The van der Waals surface area contributed by atoms with Crippen LogP contribution < -0.4 is 5.73 Å². The van der Waals surface area contributed by atoms with E-state index in [2.05, 4.69) is 21.1 Å². The number of fused-ring (bicyclic) bond motifs is 3. The number of nitrogen functional groups attached to an aromatic ring is 1. The third-order valence-electron chi connectivity index (χ3n) is 4.28. The number of thiophene rings is 1. The van der Waals surface area contributed by atoms with Crippen molar-refractivity contribution < 1.29 is 0 Å². The number of nitrogens with zero attached hydrogens (tertiary/aromatic N) is 5. The lowest BCUT2D eigenvalue weighted by atomic mass is 10.1. The molecule has 0 aliphatic heterocycles. The number of aromatic nitrogens is 4. The van der Waals surface area contributed by atoms with Crippen LogP contribution in [-0.2, 0) is 12.8 Å². The van der Waals surface area contributed by atoms with Crippen LogP contribution in [-0.4, -0.2) is 19.7 Å². The molecule has 0 atom stereocenters. The fourth-order valence-corrected chi connectivity index (χ4v) is 4.49. The lowest BCUT2D eigenvalue weighted by Gasteiger charge is -2.08. The molecule has 1 aliphatic carbocycles. The molecule has 0 saturated heterocycles. The van der Waals surface area contributed by atoms with Crippen molar-refractivity contribution in [2.24, 2.45) is 0 Å². The average molecular weight is 324 g/mol. The van der Waals surface area contributed by atoms with Crippen molar-refractivity contribution in [1.82, 2.24) is 19.7 Å². The second kappa shape index (κ2) is 5.32. The molecule has 2 N–H and O–H groups in total. The molecule has 0 unspecified atom stereocenters. The van der Waals surface area contributed by atoms with Crippen molar-refractivity contribution in [2.75, 3.05) is 5.73 Å². The first-order valence-corrected chi connectivity index (χ1v) is 8.53. The third-order valence-corrected chi connectivity index (χ3v) is 5.47. The zero-order valence-corrected chi connectivity index (χ0v) is 13.7. The predicted octanol–water partition coefficient (Wildman–Crippen LogP) is 2.91. The highest BCUT2D eigenvalue weighted by Crippen LogP contribution is 2.37. The van der Waals surface area contributed by atoms with Gasteiger partial charge in [0.05, 0.1) is 11.6 Å². The molecule has 3 aromatic heterocycles. The maximum absolute atomic E-state index is 9.12. The Balaban J connectivity index is 2.04. The second-order valence-electron chi connectivity index (χ2n) is 5.81. The minimum absolute atomic E-state index is 0.334. The summed E-state index contributed by atoms with van der Waals surface area (Å²) in [7, 11) is 0. The summed E-state index contributed by atoms with van der Waals surface area (Å²) in [5.74, 6) is 1.73. The van der Waals surface area contributed by atoms with Gasteiger partial charge in [0, 0.05) is 4.88 Å². The van der Waals surface area contributed by atoms with Gasteiger partial charge in [-0.2, -0.15) is 15.0 Å². The summed E-state index contributed by atoms with van der Waals surface area (Å²) in [5, 5.41) is 14.5. The van der Waals surface area contributed by atoms with E-state index in [9.17, 15) is 0 Å². The van der Waals surface area contributed by atoms with E-state index in [0.717, 1.165) is 23.1 Å². The van der Waals surface area contributed by atoms with Crippen molar-refractivity contribution in [3.8, 4) is 11.9 Å². The minimum Gasteiger partial charge on any atom is -0.382 e. The maximum Gasteiger partial charge on any atom is 0.168 e. The Bertz CT molecular complexity index is 946. The van der Waals surface area contributed by atoms with Gasteiger partial charge in [-0.1, -0.05) is 6.42 Å². The van der Waals surface area contributed by atoms with Gasteiger partial charge < -0.3 is 5.73 Å². The Morgan fingerprint density at radius 1 is 1.26 bits per heavy atom. The zero-order valence-electron chi connectivity index (χ0n) is 12.8. The summed E-state index contributed by atoms with van der Waals surface area (Å²) in [6.07, 6.45) is 7.30. The quantitative estimate of drug-likeness (QED) is 0.695. The minimum atomic E-state index is 0.334. The summed E-state index contributed by atoms with van der Waals surface area (Å²) < 4.78 is 1.58. The SMILES string of the molecule is Cc1nc(-n2ncc(C#N)c2N)c2c3c(sc2n1)CCCCC3. The van der Waals surface area contributed by atoms with Crippen molar-refractivity contribution in [1.29, 1.82) is 5.26 Å². The van der Waals surface area contributed by atoms with Gasteiger partial charge in [0.1, 0.15) is 28.1 Å². The van der Waals surface area contributed by atoms with Crippen LogP contribution in [0.2, 0.25) is 0 Å². The van der Waals surface area contributed by atoms with Crippen molar-refractivity contribution in [2.45, 2.75) is 39.0 Å². The Morgan fingerprint density at radius 2 is 2.09 bits per heavy atom. The summed E-state index contributed by atoms with van der Waals surface area (Å²) in [6.45, 7) is 1.87. The highest BCUT2D eigenvalue weighted by atomic mass is 32.1. The lowest BCUT2D eigenvalue weighted by Crippen LogP contribution is -2.07. The Hall–Kier alpha value is -2.46. The number of hydrogen-bond acceptors (Lipinski definition) is 6. The predicted molar refractivity (Wildman–Crippen MR) is 89.7 cm³/mol. The molecule has 1 aliphatic rings. The van der Waals surface area contributed by atoms with Gasteiger partial charge in [0.2, 0.25) is 0 Å². The van der Waals surface area contributed by atoms with Crippen LogP contribution in [0.15, 0.2) is 6.20 Å². The first kappa shape index (κ1) is 14.2. The van der Waals surface area contributed by atoms with Gasteiger partial charge in [0.25, 0.3) is 0 Å². The number of hydrogen-bond donors (Lipinski definition) is 1. The van der Waals surface area contributed by atoms with Crippen LogP contribution in [0.3, 0.4) is 0 Å². The molecule has 0 aromatic carbocycles.